The standard InChI is InChI=1S/C13H13N5O2/c1-9(12-15-17-18-16-12)14-13(20)11-6-2-4-10(8-11)5-3-7-19/h2,4,6,8-9,19H,7H2,1H3,(H,14,20)(H,15,16,17,18). The van der Waals surface area contributed by atoms with Crippen LogP contribution in [0.4, 0.5) is 0 Å². The summed E-state index contributed by atoms with van der Waals surface area (Å²) >= 11 is 0. The van der Waals surface area contributed by atoms with Crippen molar-refractivity contribution in [1.29, 1.82) is 0 Å². The van der Waals surface area contributed by atoms with Gasteiger partial charge in [-0.25, -0.2) is 0 Å². The number of aliphatic hydroxyl groups is 1. The number of amides is 1. The molecule has 0 spiro atoms. The SMILES string of the molecule is CC(NC(=O)c1cccc(C#CCO)c1)c1nn[nH]n1. The average molecular weight is 271 g/mol. The number of nitrogens with one attached hydrogen (secondary N) is 2. The summed E-state index contributed by atoms with van der Waals surface area (Å²) in [5.41, 5.74) is 1.14. The number of H-pyrrole nitrogens is 1. The van der Waals surface area contributed by atoms with Crippen molar-refractivity contribution >= 4 is 5.91 Å². The van der Waals surface area contributed by atoms with Crippen molar-refractivity contribution in [2.24, 2.45) is 0 Å². The highest BCUT2D eigenvalue weighted by atomic mass is 16.2. The molecule has 1 aromatic heterocycles. The third-order valence-electron chi connectivity index (χ3n) is 2.53. The lowest BCUT2D eigenvalue weighted by molar-refractivity contribution is 0.0938. The Morgan fingerprint density at radius 1 is 1.55 bits per heavy atom. The lowest BCUT2D eigenvalue weighted by atomic mass is 10.1. The highest BCUT2D eigenvalue weighted by molar-refractivity contribution is 5.94. The zero-order valence-corrected chi connectivity index (χ0v) is 10.8. The Kier molecular flexibility index (Phi) is 4.42. The number of aromatic amines is 1. The van der Waals surface area contributed by atoms with Crippen LogP contribution in [0.5, 0.6) is 0 Å². The van der Waals surface area contributed by atoms with E-state index in [9.17, 15) is 4.79 Å². The number of benzene rings is 1. The Morgan fingerprint density at radius 3 is 3.10 bits per heavy atom. The number of aliphatic hydroxyl groups excluding tert-OH is 1. The molecule has 0 aliphatic heterocycles. The second-order valence-electron chi connectivity index (χ2n) is 4.01. The molecule has 1 heterocycles. The highest BCUT2D eigenvalue weighted by Gasteiger charge is 2.14. The third kappa shape index (κ3) is 3.40. The van der Waals surface area contributed by atoms with Gasteiger partial charge in [0.05, 0.1) is 6.04 Å². The molecule has 0 aliphatic carbocycles. The number of tetrazole rings is 1. The smallest absolute Gasteiger partial charge is 0.251 e. The number of hydrogen-bond acceptors (Lipinski definition) is 5. The van der Waals surface area contributed by atoms with E-state index >= 15 is 0 Å². The van der Waals surface area contributed by atoms with Gasteiger partial charge in [0.15, 0.2) is 5.82 Å². The molecule has 1 amide bonds. The molecule has 1 aromatic carbocycles. The molecular weight excluding hydrogens is 258 g/mol. The molecule has 2 aromatic rings. The molecule has 1 atom stereocenters. The maximum absolute atomic E-state index is 12.1. The van der Waals surface area contributed by atoms with E-state index in [1.165, 1.54) is 0 Å². The van der Waals surface area contributed by atoms with Crippen LogP contribution in [-0.2, 0) is 0 Å². The van der Waals surface area contributed by atoms with Gasteiger partial charge in [0.1, 0.15) is 6.61 Å². The molecule has 7 heteroatoms. The summed E-state index contributed by atoms with van der Waals surface area (Å²) in [6.45, 7) is 1.55. The molecule has 102 valence electrons. The van der Waals surface area contributed by atoms with E-state index in [1.807, 2.05) is 0 Å². The van der Waals surface area contributed by atoms with Crippen LogP contribution in [0.25, 0.3) is 0 Å². The summed E-state index contributed by atoms with van der Waals surface area (Å²) < 4.78 is 0. The largest absolute Gasteiger partial charge is 0.384 e. The van der Waals surface area contributed by atoms with Crippen molar-refractivity contribution in [2.45, 2.75) is 13.0 Å². The van der Waals surface area contributed by atoms with Crippen molar-refractivity contribution in [3.8, 4) is 11.8 Å². The first kappa shape index (κ1) is 13.7. The summed E-state index contributed by atoms with van der Waals surface area (Å²) in [4.78, 5) is 12.1. The topological polar surface area (TPSA) is 104 Å². The summed E-state index contributed by atoms with van der Waals surface area (Å²) in [6.07, 6.45) is 0. The third-order valence-corrected chi connectivity index (χ3v) is 2.53. The van der Waals surface area contributed by atoms with E-state index in [0.717, 1.165) is 0 Å². The minimum atomic E-state index is -0.353. The van der Waals surface area contributed by atoms with Crippen LogP contribution in [0, 0.1) is 11.8 Å². The number of hydrogen-bond donors (Lipinski definition) is 3. The predicted molar refractivity (Wildman–Crippen MR) is 70.5 cm³/mol. The van der Waals surface area contributed by atoms with Gasteiger partial charge in [-0.3, -0.25) is 4.79 Å². The zero-order valence-electron chi connectivity index (χ0n) is 10.8. The number of carbonyl (C=O) groups is 1. The normalized spacial score (nSPS) is 11.3. The van der Waals surface area contributed by atoms with Gasteiger partial charge in [-0.1, -0.05) is 23.1 Å². The number of aromatic nitrogens is 4. The Balaban J connectivity index is 2.09. The first-order valence-electron chi connectivity index (χ1n) is 5.94. The van der Waals surface area contributed by atoms with Crippen LogP contribution in [0.2, 0.25) is 0 Å². The fourth-order valence-corrected chi connectivity index (χ4v) is 1.58. The number of carbonyl (C=O) groups excluding carboxylic acids is 1. The average Bonchev–Trinajstić information content (AvgIpc) is 2.99. The van der Waals surface area contributed by atoms with Gasteiger partial charge in [-0.05, 0) is 25.1 Å². The van der Waals surface area contributed by atoms with Gasteiger partial charge < -0.3 is 10.4 Å². The second kappa shape index (κ2) is 6.45. The first-order valence-corrected chi connectivity index (χ1v) is 5.94. The van der Waals surface area contributed by atoms with Gasteiger partial charge in [0.25, 0.3) is 5.91 Å². The van der Waals surface area contributed by atoms with Crippen molar-refractivity contribution in [1.82, 2.24) is 25.9 Å². The molecular formula is C13H13N5O2. The Morgan fingerprint density at radius 2 is 2.40 bits per heavy atom. The van der Waals surface area contributed by atoms with Crippen molar-refractivity contribution in [3.63, 3.8) is 0 Å². The van der Waals surface area contributed by atoms with Crippen LogP contribution in [0.1, 0.15) is 34.7 Å². The summed E-state index contributed by atoms with van der Waals surface area (Å²) in [6, 6.07) is 6.48. The molecule has 0 saturated carbocycles. The predicted octanol–water partition coefficient (Wildman–Crippen LogP) is 0.0345. The maximum Gasteiger partial charge on any atom is 0.251 e. The quantitative estimate of drug-likeness (QED) is 0.683. The van der Waals surface area contributed by atoms with Crippen LogP contribution in [0.15, 0.2) is 24.3 Å². The van der Waals surface area contributed by atoms with Gasteiger partial charge in [-0.2, -0.15) is 5.21 Å². The minimum absolute atomic E-state index is 0.217. The summed E-state index contributed by atoms with van der Waals surface area (Å²) in [5, 5.41) is 24.8. The molecule has 0 saturated heterocycles. The van der Waals surface area contributed by atoms with E-state index in [1.54, 1.807) is 31.2 Å². The van der Waals surface area contributed by atoms with E-state index in [4.69, 9.17) is 5.11 Å². The second-order valence-corrected chi connectivity index (χ2v) is 4.01. The zero-order chi connectivity index (χ0) is 14.4. The van der Waals surface area contributed by atoms with E-state index in [2.05, 4.69) is 37.8 Å². The van der Waals surface area contributed by atoms with E-state index in [-0.39, 0.29) is 18.6 Å². The molecule has 1 unspecified atom stereocenters. The minimum Gasteiger partial charge on any atom is -0.384 e. The number of rotatable bonds is 3. The van der Waals surface area contributed by atoms with Crippen LogP contribution < -0.4 is 5.32 Å². The van der Waals surface area contributed by atoms with E-state index in [0.29, 0.717) is 17.0 Å². The van der Waals surface area contributed by atoms with Gasteiger partial charge in [0, 0.05) is 11.1 Å². The molecule has 0 fully saturated rings. The molecule has 2 rings (SSSR count). The lowest BCUT2D eigenvalue weighted by Crippen LogP contribution is -2.27. The first-order chi connectivity index (χ1) is 9.70. The van der Waals surface area contributed by atoms with Crippen LogP contribution in [-0.4, -0.2) is 38.2 Å². The van der Waals surface area contributed by atoms with Crippen LogP contribution >= 0.6 is 0 Å². The Bertz CT molecular complexity index is 642. The summed E-state index contributed by atoms with van der Waals surface area (Å²) in [7, 11) is 0. The fraction of sp³-hybridized carbons (Fsp3) is 0.231. The Labute approximate surface area is 115 Å². The van der Waals surface area contributed by atoms with Crippen LogP contribution in [0.3, 0.4) is 0 Å². The van der Waals surface area contributed by atoms with Crippen molar-refractivity contribution in [2.75, 3.05) is 6.61 Å². The molecule has 20 heavy (non-hydrogen) atoms. The van der Waals surface area contributed by atoms with Crippen molar-refractivity contribution < 1.29 is 9.90 Å². The number of nitrogens with zero attached hydrogens (tertiary/aromatic N) is 3. The summed E-state index contributed by atoms with van der Waals surface area (Å²) in [5.74, 6) is 5.44. The monoisotopic (exact) mass is 271 g/mol. The molecule has 0 radical (unpaired) electrons. The molecule has 0 bridgehead atoms. The van der Waals surface area contributed by atoms with Gasteiger partial charge in [-0.15, -0.1) is 10.2 Å². The van der Waals surface area contributed by atoms with Crippen molar-refractivity contribution in [3.05, 3.63) is 41.2 Å². The highest BCUT2D eigenvalue weighted by Crippen LogP contribution is 2.08. The van der Waals surface area contributed by atoms with E-state index < -0.39 is 0 Å². The Hall–Kier alpha value is -2.72. The molecule has 3 N–H and O–H groups in total. The molecule has 7 nitrogen and oxygen atoms in total. The van der Waals surface area contributed by atoms with Gasteiger partial charge in [0.2, 0.25) is 0 Å². The lowest BCUT2D eigenvalue weighted by Gasteiger charge is -2.10. The fourth-order valence-electron chi connectivity index (χ4n) is 1.58. The molecule has 0 aliphatic rings. The maximum atomic E-state index is 12.1. The van der Waals surface area contributed by atoms with Gasteiger partial charge >= 0.3 is 0 Å².